The van der Waals surface area contributed by atoms with Crippen LogP contribution in [0.25, 0.3) is 0 Å². The number of rotatable bonds is 51. The van der Waals surface area contributed by atoms with Gasteiger partial charge in [-0.25, -0.2) is 9.36 Å². The molecule has 4 rings (SSSR count). The molecule has 10 atom stereocenters. The van der Waals surface area contributed by atoms with Gasteiger partial charge in [0.2, 0.25) is 0 Å². The number of nitrogens with zero attached hydrogens (tertiary/aromatic N) is 1. The quantitative estimate of drug-likeness (QED) is 0.0114. The smallest absolute Gasteiger partial charge is 0.462 e. The van der Waals surface area contributed by atoms with Crippen LogP contribution in [0.2, 0.25) is 0 Å². The summed E-state index contributed by atoms with van der Waals surface area (Å²) in [5.74, 6) is 5.66. The van der Waals surface area contributed by atoms with E-state index in [9.17, 15) is 23.8 Å². The van der Waals surface area contributed by atoms with Gasteiger partial charge >= 0.3 is 25.9 Å². The molecular formula is C71H132N2O10PS2+. The molecule has 12 nitrogen and oxygen atoms in total. The number of allylic oxidation sites excluding steroid dienone is 1. The number of nitrogens with one attached hydrogen (secondary N) is 1. The standard InChI is InChI=1S/C71H131N2O10PS2/c1-10-12-14-16-18-20-22-24-26-28-30-32-34-39-67(74)79-56-62(82-68(75)40-35-33-31-29-27-25-23-21-19-17-15-13-11-2)57-81-84(77,78)80-52-50-73(8,9)51-54-86-85-53-49-72-69(76)83-61-45-47-70(6)60(55-61)41-42-63-65-44-43-64(59(5)38-36-37-58(3)4)71(65,7)48-46-66(63)70/h41,58-59,61-66H,10-40,42-57H2,1-9H3,(H-,72,76,77,78)/p+1/t59-,61+,62-,63+,64-,65+,66+,70+,71-/m1/s1. The molecule has 0 aromatic rings. The summed E-state index contributed by atoms with van der Waals surface area (Å²) in [4.78, 5) is 49.5. The molecule has 2 N–H and O–H groups in total. The fraction of sp³-hybridized carbons (Fsp3) is 0.930. The highest BCUT2D eigenvalue weighted by atomic mass is 33.1. The predicted octanol–water partition coefficient (Wildman–Crippen LogP) is 20.1. The van der Waals surface area contributed by atoms with Gasteiger partial charge in [-0.1, -0.05) is 255 Å². The third-order valence-electron chi connectivity index (χ3n) is 20.9. The summed E-state index contributed by atoms with van der Waals surface area (Å²) in [6.07, 6.45) is 46.9. The van der Waals surface area contributed by atoms with Gasteiger partial charge in [0.25, 0.3) is 0 Å². The van der Waals surface area contributed by atoms with Gasteiger partial charge in [-0.15, -0.1) is 0 Å². The van der Waals surface area contributed by atoms with Crippen LogP contribution in [0.5, 0.6) is 0 Å². The van der Waals surface area contributed by atoms with Gasteiger partial charge in [-0.3, -0.25) is 18.6 Å². The fourth-order valence-corrected chi connectivity index (χ4v) is 18.4. The number of fused-ring (bicyclic) bond motifs is 5. The second kappa shape index (κ2) is 43.5. The van der Waals surface area contributed by atoms with Crippen molar-refractivity contribution >= 4 is 47.4 Å². The van der Waals surface area contributed by atoms with Crippen molar-refractivity contribution in [2.75, 3.05) is 65.1 Å². The number of hydrogen-bond donors (Lipinski definition) is 2. The number of phosphoric acid groups is 1. The van der Waals surface area contributed by atoms with Crippen molar-refractivity contribution in [3.8, 4) is 0 Å². The molecular weight excluding hydrogens is 1140 g/mol. The van der Waals surface area contributed by atoms with Crippen molar-refractivity contribution in [3.63, 3.8) is 0 Å². The zero-order valence-electron chi connectivity index (χ0n) is 56.8. The summed E-state index contributed by atoms with van der Waals surface area (Å²) in [5.41, 5.74) is 2.26. The number of amides is 1. The second-order valence-corrected chi connectivity index (χ2v) is 33.0. The molecule has 0 aromatic heterocycles. The van der Waals surface area contributed by atoms with Crippen LogP contribution in [0.1, 0.15) is 299 Å². The van der Waals surface area contributed by atoms with E-state index >= 15 is 0 Å². The predicted molar refractivity (Wildman–Crippen MR) is 361 cm³/mol. The zero-order valence-corrected chi connectivity index (χ0v) is 59.3. The van der Waals surface area contributed by atoms with Crippen LogP contribution in [0.3, 0.4) is 0 Å². The summed E-state index contributed by atoms with van der Waals surface area (Å²) in [6.45, 7) is 18.1. The number of esters is 2. The number of carbonyl (C=O) groups is 3. The first kappa shape index (κ1) is 77.2. The topological polar surface area (TPSA) is 147 Å². The van der Waals surface area contributed by atoms with E-state index in [1.165, 1.54) is 173 Å². The van der Waals surface area contributed by atoms with Crippen LogP contribution in [0.15, 0.2) is 11.6 Å². The summed E-state index contributed by atoms with van der Waals surface area (Å²) in [7, 11) is 3.05. The number of phosphoric ester groups is 1. The number of alkyl carbamates (subject to hydrolysis) is 1. The number of likely N-dealkylation sites (N-methyl/N-ethyl adjacent to an activating group) is 1. The number of unbranched alkanes of at least 4 members (excludes halogenated alkanes) is 24. The molecule has 0 heterocycles. The van der Waals surface area contributed by atoms with Crippen LogP contribution in [-0.2, 0) is 37.4 Å². The first-order valence-corrected chi connectivity index (χ1v) is 40.0. The lowest BCUT2D eigenvalue weighted by atomic mass is 9.47. The maximum atomic E-state index is 13.1. The number of hydrogen-bond acceptors (Lipinski definition) is 11. The lowest BCUT2D eigenvalue weighted by Gasteiger charge is -2.58. The molecule has 0 spiro atoms. The van der Waals surface area contributed by atoms with Crippen molar-refractivity contribution in [2.45, 2.75) is 311 Å². The van der Waals surface area contributed by atoms with E-state index < -0.39 is 26.5 Å². The zero-order chi connectivity index (χ0) is 62.5. The molecule has 502 valence electrons. The van der Waals surface area contributed by atoms with Crippen molar-refractivity contribution in [3.05, 3.63) is 11.6 Å². The number of ether oxygens (including phenoxy) is 3. The summed E-state index contributed by atoms with van der Waals surface area (Å²) in [6, 6.07) is 0. The van der Waals surface area contributed by atoms with E-state index in [4.69, 9.17) is 23.3 Å². The molecule has 0 bridgehead atoms. The first-order valence-electron chi connectivity index (χ1n) is 36.0. The highest BCUT2D eigenvalue weighted by molar-refractivity contribution is 8.76. The molecule has 0 radical (unpaired) electrons. The van der Waals surface area contributed by atoms with Gasteiger partial charge in [0.1, 0.15) is 25.9 Å². The van der Waals surface area contributed by atoms with E-state index in [2.05, 4.69) is 74.0 Å². The molecule has 3 saturated carbocycles. The third kappa shape index (κ3) is 30.4. The second-order valence-electron chi connectivity index (χ2n) is 28.9. The monoisotopic (exact) mass is 1270 g/mol. The van der Waals surface area contributed by atoms with Gasteiger partial charge in [0, 0.05) is 31.6 Å². The summed E-state index contributed by atoms with van der Waals surface area (Å²) < 4.78 is 41.8. The molecule has 1 unspecified atom stereocenters. The van der Waals surface area contributed by atoms with Gasteiger partial charge in [0.05, 0.1) is 33.0 Å². The maximum Gasteiger partial charge on any atom is 0.472 e. The Bertz CT molecular complexity index is 1930. The van der Waals surface area contributed by atoms with E-state index in [1.807, 2.05) is 0 Å². The highest BCUT2D eigenvalue weighted by Gasteiger charge is 2.59. The summed E-state index contributed by atoms with van der Waals surface area (Å²) in [5, 5.41) is 3.01. The molecule has 0 saturated heterocycles. The van der Waals surface area contributed by atoms with Crippen LogP contribution in [-0.4, -0.2) is 105 Å². The molecule has 0 aromatic carbocycles. The average Bonchev–Trinajstić information content (AvgIpc) is 1.39. The van der Waals surface area contributed by atoms with Crippen molar-refractivity contribution in [1.82, 2.24) is 5.32 Å². The molecule has 0 aliphatic heterocycles. The Balaban J connectivity index is 1.08. The highest BCUT2D eigenvalue weighted by Crippen LogP contribution is 2.67. The summed E-state index contributed by atoms with van der Waals surface area (Å²) >= 11 is 0. The minimum Gasteiger partial charge on any atom is -0.462 e. The van der Waals surface area contributed by atoms with Crippen LogP contribution in [0.4, 0.5) is 4.79 Å². The Labute approximate surface area is 535 Å². The van der Waals surface area contributed by atoms with E-state index in [1.54, 1.807) is 27.2 Å². The third-order valence-corrected chi connectivity index (χ3v) is 24.3. The fourth-order valence-electron chi connectivity index (χ4n) is 15.5. The lowest BCUT2D eigenvalue weighted by molar-refractivity contribution is -0.887. The molecule has 1 amide bonds. The van der Waals surface area contributed by atoms with Crippen molar-refractivity contribution in [1.29, 1.82) is 0 Å². The normalized spacial score (nSPS) is 24.3. The molecule has 86 heavy (non-hydrogen) atoms. The minimum atomic E-state index is -4.51. The molecule has 4 aliphatic carbocycles. The van der Waals surface area contributed by atoms with Crippen LogP contribution >= 0.6 is 29.4 Å². The van der Waals surface area contributed by atoms with Crippen LogP contribution in [0, 0.1) is 46.3 Å². The Morgan fingerprint density at radius 1 is 0.663 bits per heavy atom. The van der Waals surface area contributed by atoms with Crippen molar-refractivity contribution < 1.29 is 51.6 Å². The minimum absolute atomic E-state index is 0.0144. The van der Waals surface area contributed by atoms with E-state index in [0.29, 0.717) is 29.4 Å². The largest absolute Gasteiger partial charge is 0.472 e. The van der Waals surface area contributed by atoms with Gasteiger partial charge in [0.15, 0.2) is 6.10 Å². The Hall–Kier alpha value is -1.28. The van der Waals surface area contributed by atoms with Gasteiger partial charge < -0.3 is 28.9 Å². The van der Waals surface area contributed by atoms with E-state index in [0.717, 1.165) is 111 Å². The maximum absolute atomic E-state index is 13.1. The Kier molecular flexibility index (Phi) is 39.1. The Morgan fingerprint density at radius 2 is 1.22 bits per heavy atom. The van der Waals surface area contributed by atoms with Crippen molar-refractivity contribution in [2.24, 2.45) is 46.3 Å². The van der Waals surface area contributed by atoms with E-state index in [-0.39, 0.29) is 49.6 Å². The molecule has 15 heteroatoms. The Morgan fingerprint density at radius 3 is 1.80 bits per heavy atom. The average molecular weight is 1270 g/mol. The van der Waals surface area contributed by atoms with Gasteiger partial charge in [-0.05, 0) is 104 Å². The number of carbonyl (C=O) groups excluding carboxylic acids is 3. The van der Waals surface area contributed by atoms with Gasteiger partial charge in [-0.2, -0.15) is 0 Å². The van der Waals surface area contributed by atoms with Crippen LogP contribution < -0.4 is 5.32 Å². The lowest BCUT2D eigenvalue weighted by Crippen LogP contribution is -2.51. The SMILES string of the molecule is CCCCCCCCCCCCCCCC(=O)OC[C@H](COP(=O)(O)OCC[N+](C)(C)CCSSCCNC(=O)O[C@H]1CC[C@@]2(C)C(=CC[C@H]3[C@@H]4CC[C@H]([C@H](C)CCCC(C)C)[C@@]4(C)CC[C@@H]32)C1)OC(=O)CCCCCCCCCCCCCCC. The first-order chi connectivity index (χ1) is 41.3. The molecule has 3 fully saturated rings. The molecule has 4 aliphatic rings. The number of quaternary nitrogens is 1.